The van der Waals surface area contributed by atoms with Gasteiger partial charge in [0, 0.05) is 19.3 Å². The first kappa shape index (κ1) is 14.0. The number of nitriles is 1. The third-order valence-corrected chi connectivity index (χ3v) is 5.45. The van der Waals surface area contributed by atoms with E-state index in [1.807, 2.05) is 6.07 Å². The van der Waals surface area contributed by atoms with Crippen LogP contribution < -0.4 is 0 Å². The Kier molecular flexibility index (Phi) is 4.17. The topological polar surface area (TPSA) is 74.1 Å². The van der Waals surface area contributed by atoms with Crippen LogP contribution in [0.5, 0.6) is 0 Å². The summed E-state index contributed by atoms with van der Waals surface area (Å²) < 4.78 is 26.6. The molecule has 1 aromatic rings. The zero-order chi connectivity index (χ0) is 13.9. The van der Waals surface area contributed by atoms with Crippen molar-refractivity contribution in [2.24, 2.45) is 5.92 Å². The van der Waals surface area contributed by atoms with E-state index in [1.54, 1.807) is 6.07 Å². The number of sulfonamides is 1. The first-order valence-electron chi connectivity index (χ1n) is 6.45. The molecular weight excluding hydrogens is 262 g/mol. The summed E-state index contributed by atoms with van der Waals surface area (Å²) in [5.74, 6) is 0.408. The Morgan fingerprint density at radius 1 is 1.58 bits per heavy atom. The molecule has 2 heterocycles. The molecule has 0 spiro atoms. The first-order chi connectivity index (χ1) is 9.09. The highest BCUT2D eigenvalue weighted by Gasteiger charge is 2.31. The Morgan fingerprint density at radius 2 is 2.37 bits per heavy atom. The third-order valence-electron chi connectivity index (χ3n) is 3.55. The highest BCUT2D eigenvalue weighted by molar-refractivity contribution is 7.89. The minimum atomic E-state index is -3.60. The van der Waals surface area contributed by atoms with Crippen molar-refractivity contribution in [1.29, 1.82) is 5.26 Å². The Balaban J connectivity index is 2.35. The molecule has 0 radical (unpaired) electrons. The minimum absolute atomic E-state index is 0.0225. The van der Waals surface area contributed by atoms with Crippen molar-refractivity contribution in [2.45, 2.75) is 31.1 Å². The molecule has 0 bridgehead atoms. The molecule has 1 aromatic heterocycles. The maximum atomic E-state index is 12.6. The summed E-state index contributed by atoms with van der Waals surface area (Å²) in [6, 6.07) is 4.85. The Hall–Kier alpha value is -1.45. The molecule has 0 aromatic carbocycles. The number of piperidine rings is 1. The number of hydrogen-bond acceptors (Lipinski definition) is 4. The van der Waals surface area contributed by atoms with Crippen molar-refractivity contribution in [3.8, 4) is 6.07 Å². The van der Waals surface area contributed by atoms with E-state index in [9.17, 15) is 8.42 Å². The van der Waals surface area contributed by atoms with Crippen LogP contribution in [0.25, 0.3) is 0 Å². The van der Waals surface area contributed by atoms with Crippen LogP contribution in [0.2, 0.25) is 0 Å². The van der Waals surface area contributed by atoms with Crippen molar-refractivity contribution in [3.63, 3.8) is 0 Å². The second-order valence-corrected chi connectivity index (χ2v) is 6.65. The minimum Gasteiger partial charge on any atom is -0.244 e. The Morgan fingerprint density at radius 3 is 3.05 bits per heavy atom. The van der Waals surface area contributed by atoms with Crippen LogP contribution in [0.15, 0.2) is 23.2 Å². The van der Waals surface area contributed by atoms with Gasteiger partial charge >= 0.3 is 0 Å². The van der Waals surface area contributed by atoms with E-state index in [4.69, 9.17) is 5.26 Å². The van der Waals surface area contributed by atoms with Gasteiger partial charge in [0.15, 0.2) is 5.69 Å². The van der Waals surface area contributed by atoms with Gasteiger partial charge in [-0.05, 0) is 30.9 Å². The predicted molar refractivity (Wildman–Crippen MR) is 70.7 cm³/mol. The number of pyridine rings is 1. The normalized spacial score (nSPS) is 20.9. The monoisotopic (exact) mass is 279 g/mol. The molecule has 0 aliphatic carbocycles. The van der Waals surface area contributed by atoms with Gasteiger partial charge in [-0.25, -0.2) is 13.4 Å². The molecule has 0 amide bonds. The average molecular weight is 279 g/mol. The lowest BCUT2D eigenvalue weighted by Gasteiger charge is -2.31. The molecule has 1 saturated heterocycles. The van der Waals surface area contributed by atoms with Gasteiger partial charge in [0.2, 0.25) is 10.0 Å². The van der Waals surface area contributed by atoms with Crippen molar-refractivity contribution in [3.05, 3.63) is 24.0 Å². The molecule has 19 heavy (non-hydrogen) atoms. The van der Waals surface area contributed by atoms with Crippen molar-refractivity contribution >= 4 is 10.0 Å². The quantitative estimate of drug-likeness (QED) is 0.845. The van der Waals surface area contributed by atoms with E-state index < -0.39 is 10.0 Å². The third kappa shape index (κ3) is 2.77. The highest BCUT2D eigenvalue weighted by Crippen LogP contribution is 2.26. The van der Waals surface area contributed by atoms with Gasteiger partial charge in [0.25, 0.3) is 0 Å². The van der Waals surface area contributed by atoms with Gasteiger partial charge in [0.05, 0.1) is 0 Å². The van der Waals surface area contributed by atoms with Gasteiger partial charge in [-0.2, -0.15) is 9.57 Å². The SMILES string of the molecule is CCC1CCCN(S(=O)(=O)c2cccnc2C#N)C1. The van der Waals surface area contributed by atoms with E-state index in [-0.39, 0.29) is 10.6 Å². The average Bonchev–Trinajstić information content (AvgIpc) is 2.47. The largest absolute Gasteiger partial charge is 0.245 e. The molecular formula is C13H17N3O2S. The van der Waals surface area contributed by atoms with E-state index in [1.165, 1.54) is 16.6 Å². The molecule has 6 heteroatoms. The number of nitrogens with zero attached hydrogens (tertiary/aromatic N) is 3. The van der Waals surface area contributed by atoms with Crippen LogP contribution in [0.1, 0.15) is 31.9 Å². The van der Waals surface area contributed by atoms with Gasteiger partial charge in [-0.3, -0.25) is 0 Å². The lowest BCUT2D eigenvalue weighted by Crippen LogP contribution is -2.40. The van der Waals surface area contributed by atoms with E-state index in [0.29, 0.717) is 19.0 Å². The molecule has 0 saturated carbocycles. The standard InChI is InChI=1S/C13H17N3O2S/c1-2-11-5-4-8-16(10-11)19(17,18)13-6-3-7-15-12(13)9-14/h3,6-7,11H,2,4-5,8,10H2,1H3. The smallest absolute Gasteiger partial charge is 0.244 e. The van der Waals surface area contributed by atoms with Crippen molar-refractivity contribution in [2.75, 3.05) is 13.1 Å². The molecule has 1 fully saturated rings. The van der Waals surface area contributed by atoms with E-state index in [2.05, 4.69) is 11.9 Å². The van der Waals surface area contributed by atoms with Gasteiger partial charge in [-0.1, -0.05) is 13.3 Å². The maximum Gasteiger partial charge on any atom is 0.245 e. The molecule has 1 unspecified atom stereocenters. The van der Waals surface area contributed by atoms with Gasteiger partial charge in [0.1, 0.15) is 11.0 Å². The fourth-order valence-corrected chi connectivity index (χ4v) is 4.05. The molecule has 5 nitrogen and oxygen atoms in total. The predicted octanol–water partition coefficient (Wildman–Crippen LogP) is 1.76. The molecule has 102 valence electrons. The molecule has 1 aliphatic heterocycles. The fraction of sp³-hybridized carbons (Fsp3) is 0.538. The molecule has 1 atom stereocenters. The maximum absolute atomic E-state index is 12.6. The number of aromatic nitrogens is 1. The number of rotatable bonds is 3. The van der Waals surface area contributed by atoms with E-state index >= 15 is 0 Å². The summed E-state index contributed by atoms with van der Waals surface area (Å²) in [6.45, 7) is 3.14. The summed E-state index contributed by atoms with van der Waals surface area (Å²) >= 11 is 0. The van der Waals surface area contributed by atoms with Gasteiger partial charge in [-0.15, -0.1) is 0 Å². The van der Waals surface area contributed by atoms with Crippen molar-refractivity contribution in [1.82, 2.24) is 9.29 Å². The summed E-state index contributed by atoms with van der Waals surface area (Å²) in [7, 11) is -3.60. The lowest BCUT2D eigenvalue weighted by molar-refractivity contribution is 0.261. The van der Waals surface area contributed by atoms with Crippen LogP contribution in [-0.2, 0) is 10.0 Å². The van der Waals surface area contributed by atoms with Crippen LogP contribution in [0.3, 0.4) is 0 Å². The highest BCUT2D eigenvalue weighted by atomic mass is 32.2. The fourth-order valence-electron chi connectivity index (χ4n) is 2.40. The lowest BCUT2D eigenvalue weighted by atomic mass is 9.97. The van der Waals surface area contributed by atoms with Crippen LogP contribution >= 0.6 is 0 Å². The molecule has 0 N–H and O–H groups in total. The Labute approximate surface area is 113 Å². The summed E-state index contributed by atoms with van der Waals surface area (Å²) in [6.07, 6.45) is 4.35. The van der Waals surface area contributed by atoms with Gasteiger partial charge < -0.3 is 0 Å². The van der Waals surface area contributed by atoms with Crippen LogP contribution in [0, 0.1) is 17.2 Å². The second-order valence-electron chi connectivity index (χ2n) is 4.74. The first-order valence-corrected chi connectivity index (χ1v) is 7.89. The Bertz CT molecular complexity index is 592. The molecule has 2 rings (SSSR count). The van der Waals surface area contributed by atoms with Crippen LogP contribution in [-0.4, -0.2) is 30.8 Å². The summed E-state index contributed by atoms with van der Waals surface area (Å²) in [5.41, 5.74) is -0.0267. The number of hydrogen-bond donors (Lipinski definition) is 0. The van der Waals surface area contributed by atoms with Crippen LogP contribution in [0.4, 0.5) is 0 Å². The zero-order valence-electron chi connectivity index (χ0n) is 10.9. The zero-order valence-corrected chi connectivity index (χ0v) is 11.7. The second kappa shape index (κ2) is 5.68. The summed E-state index contributed by atoms with van der Waals surface area (Å²) in [5, 5.41) is 8.98. The van der Waals surface area contributed by atoms with E-state index in [0.717, 1.165) is 19.3 Å². The molecule has 1 aliphatic rings. The summed E-state index contributed by atoms with van der Waals surface area (Å²) in [4.78, 5) is 3.85. The van der Waals surface area contributed by atoms with Crippen molar-refractivity contribution < 1.29 is 8.42 Å².